The third-order valence-electron chi connectivity index (χ3n) is 5.48. The lowest BCUT2D eigenvalue weighted by atomic mass is 9.81. The van der Waals surface area contributed by atoms with E-state index in [2.05, 4.69) is 5.32 Å². The summed E-state index contributed by atoms with van der Waals surface area (Å²) in [6.45, 7) is 1.14. The van der Waals surface area contributed by atoms with Crippen molar-refractivity contribution in [3.63, 3.8) is 0 Å². The summed E-state index contributed by atoms with van der Waals surface area (Å²) in [5.41, 5.74) is 0.436. The van der Waals surface area contributed by atoms with Crippen molar-refractivity contribution in [2.24, 2.45) is 11.8 Å². The van der Waals surface area contributed by atoms with Crippen molar-refractivity contribution in [1.82, 2.24) is 5.32 Å². The number of amides is 1. The second-order valence-electron chi connectivity index (χ2n) is 6.93. The fourth-order valence-electron chi connectivity index (χ4n) is 4.00. The van der Waals surface area contributed by atoms with Crippen LogP contribution in [-0.2, 0) is 19.9 Å². The Morgan fingerprint density at radius 2 is 1.88 bits per heavy atom. The maximum atomic E-state index is 12.9. The molecule has 1 saturated carbocycles. The first-order valence-electron chi connectivity index (χ1n) is 8.82. The molecule has 1 saturated heterocycles. The van der Waals surface area contributed by atoms with Gasteiger partial charge >= 0.3 is 5.97 Å². The number of methoxy groups -OCH3 is 1. The number of carboxylic acid groups (broad SMARTS) is 1. The molecule has 6 heteroatoms. The van der Waals surface area contributed by atoms with Gasteiger partial charge in [0.15, 0.2) is 0 Å². The zero-order valence-electron chi connectivity index (χ0n) is 14.5. The number of benzene rings is 1. The van der Waals surface area contributed by atoms with Crippen molar-refractivity contribution < 1.29 is 24.2 Å². The van der Waals surface area contributed by atoms with Gasteiger partial charge in [-0.15, -0.1) is 0 Å². The fourth-order valence-corrected chi connectivity index (χ4v) is 4.00. The van der Waals surface area contributed by atoms with E-state index < -0.39 is 17.4 Å². The SMILES string of the molecule is COc1ccccc1C1(NC(=O)[C@@H]2CC[C@H](C(=O)O)C2)CCOCC1. The highest BCUT2D eigenvalue weighted by molar-refractivity contribution is 5.82. The Kier molecular flexibility index (Phi) is 5.27. The molecule has 3 rings (SSSR count). The first kappa shape index (κ1) is 17.7. The summed E-state index contributed by atoms with van der Waals surface area (Å²) < 4.78 is 11.0. The molecule has 2 fully saturated rings. The van der Waals surface area contributed by atoms with Crippen LogP contribution in [0, 0.1) is 11.8 Å². The number of para-hydroxylation sites is 1. The zero-order valence-corrected chi connectivity index (χ0v) is 14.5. The summed E-state index contributed by atoms with van der Waals surface area (Å²) in [5.74, 6) is -0.764. The van der Waals surface area contributed by atoms with Crippen molar-refractivity contribution >= 4 is 11.9 Å². The van der Waals surface area contributed by atoms with Gasteiger partial charge in [-0.2, -0.15) is 0 Å². The number of aliphatic carboxylic acids is 1. The minimum atomic E-state index is -0.805. The van der Waals surface area contributed by atoms with Crippen molar-refractivity contribution in [3.05, 3.63) is 29.8 Å². The van der Waals surface area contributed by atoms with E-state index in [1.54, 1.807) is 7.11 Å². The van der Waals surface area contributed by atoms with Gasteiger partial charge in [0, 0.05) is 24.7 Å². The summed E-state index contributed by atoms with van der Waals surface area (Å²) in [4.78, 5) is 24.0. The smallest absolute Gasteiger partial charge is 0.306 e. The van der Waals surface area contributed by atoms with Gasteiger partial charge in [0.05, 0.1) is 18.6 Å². The van der Waals surface area contributed by atoms with E-state index in [0.717, 1.165) is 11.3 Å². The van der Waals surface area contributed by atoms with Crippen LogP contribution in [0.3, 0.4) is 0 Å². The third-order valence-corrected chi connectivity index (χ3v) is 5.48. The summed E-state index contributed by atoms with van der Waals surface area (Å²) >= 11 is 0. The van der Waals surface area contributed by atoms with Crippen LogP contribution in [0.15, 0.2) is 24.3 Å². The molecular formula is C19H25NO5. The van der Waals surface area contributed by atoms with Crippen molar-refractivity contribution in [2.75, 3.05) is 20.3 Å². The summed E-state index contributed by atoms with van der Waals surface area (Å²) in [5, 5.41) is 12.4. The van der Waals surface area contributed by atoms with Crippen LogP contribution in [0.4, 0.5) is 0 Å². The van der Waals surface area contributed by atoms with Crippen LogP contribution < -0.4 is 10.1 Å². The minimum Gasteiger partial charge on any atom is -0.496 e. The van der Waals surface area contributed by atoms with Gasteiger partial charge in [0.2, 0.25) is 5.91 Å². The third kappa shape index (κ3) is 3.63. The molecule has 0 aromatic heterocycles. The Bertz CT molecular complexity index is 638. The van der Waals surface area contributed by atoms with Crippen LogP contribution >= 0.6 is 0 Å². The van der Waals surface area contributed by atoms with Gasteiger partial charge in [-0.3, -0.25) is 9.59 Å². The number of rotatable bonds is 5. The standard InChI is InChI=1S/C19H25NO5/c1-24-16-5-3-2-4-15(16)19(8-10-25-11-9-19)20-17(21)13-6-7-14(12-13)18(22)23/h2-5,13-14H,6-12H2,1H3,(H,20,21)(H,22,23)/t13-,14+/m1/s1. The summed E-state index contributed by atoms with van der Waals surface area (Å²) in [7, 11) is 1.63. The molecule has 1 aromatic rings. The quantitative estimate of drug-likeness (QED) is 0.854. The first-order valence-corrected chi connectivity index (χ1v) is 8.82. The Balaban J connectivity index is 1.82. The van der Waals surface area contributed by atoms with E-state index in [-0.39, 0.29) is 11.8 Å². The van der Waals surface area contributed by atoms with Gasteiger partial charge < -0.3 is 19.9 Å². The number of carbonyl (C=O) groups is 2. The van der Waals surface area contributed by atoms with Gasteiger partial charge in [0.1, 0.15) is 5.75 Å². The maximum absolute atomic E-state index is 12.9. The van der Waals surface area contributed by atoms with Crippen LogP contribution in [0.5, 0.6) is 5.75 Å². The van der Waals surface area contributed by atoms with Gasteiger partial charge in [-0.25, -0.2) is 0 Å². The van der Waals surface area contributed by atoms with E-state index in [4.69, 9.17) is 14.6 Å². The Morgan fingerprint density at radius 1 is 1.20 bits per heavy atom. The van der Waals surface area contributed by atoms with Crippen molar-refractivity contribution in [3.8, 4) is 5.75 Å². The van der Waals surface area contributed by atoms with Crippen LogP contribution in [0.25, 0.3) is 0 Å². The highest BCUT2D eigenvalue weighted by Crippen LogP contribution is 2.39. The first-order chi connectivity index (χ1) is 12.1. The molecule has 2 atom stereocenters. The Labute approximate surface area is 147 Å². The minimum absolute atomic E-state index is 0.0587. The van der Waals surface area contributed by atoms with E-state index in [1.807, 2.05) is 24.3 Å². The number of carbonyl (C=O) groups excluding carboxylic acids is 1. The second kappa shape index (κ2) is 7.44. The predicted octanol–water partition coefficient (Wildman–Crippen LogP) is 2.32. The lowest BCUT2D eigenvalue weighted by molar-refractivity contribution is -0.141. The molecule has 0 spiro atoms. The normalized spacial score (nSPS) is 25.3. The average Bonchev–Trinajstić information content (AvgIpc) is 3.13. The molecule has 6 nitrogen and oxygen atoms in total. The molecule has 25 heavy (non-hydrogen) atoms. The number of ether oxygens (including phenoxy) is 2. The monoisotopic (exact) mass is 347 g/mol. The fraction of sp³-hybridized carbons (Fsp3) is 0.579. The molecule has 1 aromatic carbocycles. The van der Waals surface area contributed by atoms with E-state index in [0.29, 0.717) is 45.3 Å². The average molecular weight is 347 g/mol. The molecule has 136 valence electrons. The van der Waals surface area contributed by atoms with Gasteiger partial charge in [-0.1, -0.05) is 18.2 Å². The molecule has 1 amide bonds. The highest BCUT2D eigenvalue weighted by Gasteiger charge is 2.41. The molecule has 0 unspecified atom stereocenters. The zero-order chi connectivity index (χ0) is 17.9. The molecule has 1 aliphatic carbocycles. The topological polar surface area (TPSA) is 84.9 Å². The Morgan fingerprint density at radius 3 is 2.52 bits per heavy atom. The van der Waals surface area contributed by atoms with Gasteiger partial charge in [0.25, 0.3) is 0 Å². The Hall–Kier alpha value is -2.08. The number of carboxylic acids is 1. The molecule has 1 heterocycles. The van der Waals surface area contributed by atoms with Gasteiger partial charge in [-0.05, 0) is 38.2 Å². The highest BCUT2D eigenvalue weighted by atomic mass is 16.5. The second-order valence-corrected chi connectivity index (χ2v) is 6.93. The number of hydrogen-bond acceptors (Lipinski definition) is 4. The molecule has 1 aliphatic heterocycles. The molecule has 2 N–H and O–H groups in total. The maximum Gasteiger partial charge on any atom is 0.306 e. The molecule has 0 bridgehead atoms. The van der Waals surface area contributed by atoms with Crippen LogP contribution in [0.2, 0.25) is 0 Å². The predicted molar refractivity (Wildman–Crippen MR) is 91.3 cm³/mol. The lowest BCUT2D eigenvalue weighted by Gasteiger charge is -2.40. The van der Waals surface area contributed by atoms with Crippen molar-refractivity contribution in [2.45, 2.75) is 37.6 Å². The van der Waals surface area contributed by atoms with Crippen LogP contribution in [-0.4, -0.2) is 37.3 Å². The number of hydrogen-bond donors (Lipinski definition) is 2. The summed E-state index contributed by atoms with van der Waals surface area (Å²) in [6, 6.07) is 7.73. The molecule has 2 aliphatic rings. The van der Waals surface area contributed by atoms with E-state index in [9.17, 15) is 9.59 Å². The molecular weight excluding hydrogens is 322 g/mol. The summed E-state index contributed by atoms with van der Waals surface area (Å²) in [6.07, 6.45) is 2.96. The van der Waals surface area contributed by atoms with Crippen LogP contribution in [0.1, 0.15) is 37.7 Å². The number of nitrogens with one attached hydrogen (secondary N) is 1. The largest absolute Gasteiger partial charge is 0.496 e. The van der Waals surface area contributed by atoms with E-state index in [1.165, 1.54) is 0 Å². The molecule has 0 radical (unpaired) electrons. The van der Waals surface area contributed by atoms with E-state index >= 15 is 0 Å². The lowest BCUT2D eigenvalue weighted by Crippen LogP contribution is -2.51. The van der Waals surface area contributed by atoms with Crippen molar-refractivity contribution in [1.29, 1.82) is 0 Å².